The van der Waals surface area contributed by atoms with Crippen LogP contribution in [0.3, 0.4) is 0 Å². The molecule has 0 unspecified atom stereocenters. The molecule has 0 atom stereocenters. The second-order valence-electron chi connectivity index (χ2n) is 15.2. The molecule has 0 fully saturated rings. The molecule has 0 bridgehead atoms. The molecule has 0 aliphatic heterocycles. The van der Waals surface area contributed by atoms with Crippen LogP contribution in [-0.4, -0.2) is 24.9 Å². The third-order valence-corrected chi connectivity index (χ3v) is 11.7. The minimum absolute atomic E-state index is 0.542. The van der Waals surface area contributed by atoms with Crippen LogP contribution >= 0.6 is 0 Å². The molecule has 1 aliphatic rings. The van der Waals surface area contributed by atoms with E-state index in [1.165, 1.54) is 33.4 Å². The first kappa shape index (κ1) is 36.0. The maximum atomic E-state index is 5.23. The summed E-state index contributed by atoms with van der Waals surface area (Å²) in [4.78, 5) is 25.5. The molecular weight excluding hydrogens is 743 g/mol. The monoisotopic (exact) mass is 779 g/mol. The first-order valence-corrected chi connectivity index (χ1v) is 20.5. The Labute approximate surface area is 354 Å². The Balaban J connectivity index is 1.05. The Morgan fingerprint density at radius 3 is 1.15 bits per heavy atom. The Kier molecular flexibility index (Phi) is 8.98. The molecule has 0 radical (unpaired) electrons. The average molecular weight is 780 g/mol. The highest BCUT2D eigenvalue weighted by Gasteiger charge is 2.46. The standard InChI is InChI=1S/C56H37N5/c1-6-18-38(19-7-1)50-37-51(58-52(57-50)40-20-8-2-9-21-40)39-30-32-42(33-31-39)54-59-53(41-22-10-3-11-23-41)60-55(61-54)43-34-35-47-46-28-16-17-29-48(46)56(49(47)36-43,44-24-12-4-13-25-44)45-26-14-5-15-27-45/h1-37H. The van der Waals surface area contributed by atoms with E-state index in [2.05, 4.69) is 146 Å². The second kappa shape index (κ2) is 15.2. The fourth-order valence-corrected chi connectivity index (χ4v) is 8.79. The van der Waals surface area contributed by atoms with Gasteiger partial charge in [0.05, 0.1) is 16.8 Å². The van der Waals surface area contributed by atoms with Crippen molar-refractivity contribution < 1.29 is 0 Å². The van der Waals surface area contributed by atoms with Crippen molar-refractivity contribution in [3.05, 3.63) is 247 Å². The van der Waals surface area contributed by atoms with Gasteiger partial charge in [0.2, 0.25) is 0 Å². The summed E-state index contributed by atoms with van der Waals surface area (Å²) in [6, 6.07) is 78.1. The molecule has 8 aromatic carbocycles. The van der Waals surface area contributed by atoms with Gasteiger partial charge in [0.15, 0.2) is 23.3 Å². The molecule has 0 saturated heterocycles. The van der Waals surface area contributed by atoms with Crippen LogP contribution in [0.15, 0.2) is 224 Å². The van der Waals surface area contributed by atoms with Crippen LogP contribution in [0, 0.1) is 0 Å². The third kappa shape index (κ3) is 6.40. The van der Waals surface area contributed by atoms with E-state index >= 15 is 0 Å². The van der Waals surface area contributed by atoms with E-state index in [0.29, 0.717) is 23.3 Å². The number of benzene rings is 8. The SMILES string of the molecule is c1ccc(-c2cc(-c3ccc(-c4nc(-c5ccccc5)nc(-c5ccc6c(c5)C(c5ccccc5)(c5ccccc5)c5ccccc5-6)n4)cc3)nc(-c3ccccc3)n2)cc1. The van der Waals surface area contributed by atoms with Crippen molar-refractivity contribution in [3.63, 3.8) is 0 Å². The Morgan fingerprint density at radius 1 is 0.246 bits per heavy atom. The van der Waals surface area contributed by atoms with E-state index in [1.807, 2.05) is 78.9 Å². The summed E-state index contributed by atoms with van der Waals surface area (Å²) in [6.07, 6.45) is 0. The fourth-order valence-electron chi connectivity index (χ4n) is 8.79. The quantitative estimate of drug-likeness (QED) is 0.154. The smallest absolute Gasteiger partial charge is 0.164 e. The van der Waals surface area contributed by atoms with Gasteiger partial charge in [-0.25, -0.2) is 24.9 Å². The van der Waals surface area contributed by atoms with Crippen molar-refractivity contribution in [2.45, 2.75) is 5.41 Å². The lowest BCUT2D eigenvalue weighted by molar-refractivity contribution is 0.768. The van der Waals surface area contributed by atoms with E-state index in [-0.39, 0.29) is 0 Å². The number of hydrogen-bond acceptors (Lipinski definition) is 5. The molecule has 1 aliphatic carbocycles. The fraction of sp³-hybridized carbons (Fsp3) is 0.0179. The molecule has 11 rings (SSSR count). The second-order valence-corrected chi connectivity index (χ2v) is 15.2. The minimum Gasteiger partial charge on any atom is -0.228 e. The van der Waals surface area contributed by atoms with Gasteiger partial charge < -0.3 is 0 Å². The Hall–Kier alpha value is -8.15. The zero-order chi connectivity index (χ0) is 40.6. The summed E-state index contributed by atoms with van der Waals surface area (Å²) >= 11 is 0. The number of rotatable bonds is 8. The molecule has 0 N–H and O–H groups in total. The van der Waals surface area contributed by atoms with Crippen LogP contribution in [0.4, 0.5) is 0 Å². The van der Waals surface area contributed by atoms with Crippen molar-refractivity contribution in [1.82, 2.24) is 24.9 Å². The van der Waals surface area contributed by atoms with Gasteiger partial charge in [0.25, 0.3) is 0 Å². The molecule has 2 aromatic heterocycles. The van der Waals surface area contributed by atoms with E-state index in [0.717, 1.165) is 44.8 Å². The molecule has 10 aromatic rings. The number of fused-ring (bicyclic) bond motifs is 3. The Morgan fingerprint density at radius 2 is 0.607 bits per heavy atom. The zero-order valence-electron chi connectivity index (χ0n) is 33.1. The van der Waals surface area contributed by atoms with Crippen molar-refractivity contribution in [2.24, 2.45) is 0 Å². The molecule has 286 valence electrons. The van der Waals surface area contributed by atoms with Crippen LogP contribution < -0.4 is 0 Å². The van der Waals surface area contributed by atoms with Crippen LogP contribution in [0.2, 0.25) is 0 Å². The highest BCUT2D eigenvalue weighted by atomic mass is 15.0. The zero-order valence-corrected chi connectivity index (χ0v) is 33.1. The third-order valence-electron chi connectivity index (χ3n) is 11.7. The number of nitrogens with zero attached hydrogens (tertiary/aromatic N) is 5. The summed E-state index contributed by atoms with van der Waals surface area (Å²) in [5.74, 6) is 2.49. The van der Waals surface area contributed by atoms with E-state index in [9.17, 15) is 0 Å². The van der Waals surface area contributed by atoms with E-state index in [4.69, 9.17) is 24.9 Å². The van der Waals surface area contributed by atoms with Gasteiger partial charge in [0, 0.05) is 33.4 Å². The van der Waals surface area contributed by atoms with Crippen molar-refractivity contribution in [1.29, 1.82) is 0 Å². The van der Waals surface area contributed by atoms with Gasteiger partial charge in [-0.05, 0) is 45.5 Å². The molecule has 5 nitrogen and oxygen atoms in total. The predicted molar refractivity (Wildman–Crippen MR) is 245 cm³/mol. The summed E-state index contributed by atoms with van der Waals surface area (Å²) in [5.41, 5.74) is 14.2. The highest BCUT2D eigenvalue weighted by molar-refractivity contribution is 5.88. The van der Waals surface area contributed by atoms with Gasteiger partial charge in [-0.3, -0.25) is 0 Å². The maximum Gasteiger partial charge on any atom is 0.164 e. The number of hydrogen-bond donors (Lipinski definition) is 0. The summed E-state index contributed by atoms with van der Waals surface area (Å²) in [7, 11) is 0. The van der Waals surface area contributed by atoms with Crippen LogP contribution in [0.5, 0.6) is 0 Å². The van der Waals surface area contributed by atoms with Gasteiger partial charge in [-0.15, -0.1) is 0 Å². The molecule has 0 spiro atoms. The van der Waals surface area contributed by atoms with Crippen molar-refractivity contribution in [2.75, 3.05) is 0 Å². The lowest BCUT2D eigenvalue weighted by Gasteiger charge is -2.34. The van der Waals surface area contributed by atoms with Gasteiger partial charge in [-0.2, -0.15) is 0 Å². The minimum atomic E-state index is -0.542. The van der Waals surface area contributed by atoms with E-state index in [1.54, 1.807) is 0 Å². The van der Waals surface area contributed by atoms with Crippen molar-refractivity contribution in [3.8, 4) is 79.2 Å². The molecule has 61 heavy (non-hydrogen) atoms. The molecule has 0 saturated carbocycles. The average Bonchev–Trinajstić information content (AvgIpc) is 3.65. The largest absolute Gasteiger partial charge is 0.228 e. The highest BCUT2D eigenvalue weighted by Crippen LogP contribution is 2.56. The summed E-state index contributed by atoms with van der Waals surface area (Å²) in [5, 5.41) is 0. The van der Waals surface area contributed by atoms with Gasteiger partial charge in [-0.1, -0.05) is 212 Å². The van der Waals surface area contributed by atoms with Crippen LogP contribution in [-0.2, 0) is 5.41 Å². The first-order chi connectivity index (χ1) is 30.2. The molecule has 2 heterocycles. The first-order valence-electron chi connectivity index (χ1n) is 20.5. The summed E-state index contributed by atoms with van der Waals surface area (Å²) < 4.78 is 0. The van der Waals surface area contributed by atoms with Crippen molar-refractivity contribution >= 4 is 0 Å². The van der Waals surface area contributed by atoms with Crippen LogP contribution in [0.1, 0.15) is 22.3 Å². The lowest BCUT2D eigenvalue weighted by Crippen LogP contribution is -2.28. The van der Waals surface area contributed by atoms with Crippen LogP contribution in [0.25, 0.3) is 79.2 Å². The predicted octanol–water partition coefficient (Wildman–Crippen LogP) is 13.0. The molecular formula is C56H37N5. The van der Waals surface area contributed by atoms with Gasteiger partial charge in [0.1, 0.15) is 0 Å². The lowest BCUT2D eigenvalue weighted by atomic mass is 9.67. The summed E-state index contributed by atoms with van der Waals surface area (Å²) in [6.45, 7) is 0. The topological polar surface area (TPSA) is 64.5 Å². The molecule has 0 amide bonds. The number of aromatic nitrogens is 5. The maximum absolute atomic E-state index is 5.23. The molecule has 5 heteroatoms. The Bertz CT molecular complexity index is 3060. The van der Waals surface area contributed by atoms with Gasteiger partial charge >= 0.3 is 0 Å². The van der Waals surface area contributed by atoms with E-state index < -0.39 is 5.41 Å². The normalized spacial score (nSPS) is 12.4.